The van der Waals surface area contributed by atoms with Crippen LogP contribution in [0.25, 0.3) is 5.69 Å². The fourth-order valence-corrected chi connectivity index (χ4v) is 3.66. The maximum absolute atomic E-state index is 12.9. The zero-order valence-electron chi connectivity index (χ0n) is 14.2. The summed E-state index contributed by atoms with van der Waals surface area (Å²) in [5, 5.41) is 3.87. The first kappa shape index (κ1) is 21.2. The van der Waals surface area contributed by atoms with Gasteiger partial charge < -0.3 is 15.2 Å². The summed E-state index contributed by atoms with van der Waals surface area (Å²) in [6.45, 7) is 1.63. The summed E-state index contributed by atoms with van der Waals surface area (Å²) in [5.74, 6) is -1.07. The number of benzene rings is 1. The highest BCUT2D eigenvalue weighted by Crippen LogP contribution is 2.42. The smallest absolute Gasteiger partial charge is 0.383 e. The Hall–Kier alpha value is -1.13. The first-order valence-corrected chi connectivity index (χ1v) is 9.08. The van der Waals surface area contributed by atoms with Crippen LogP contribution in [0.4, 0.5) is 19.0 Å². The Morgan fingerprint density at radius 3 is 2.04 bits per heavy atom. The highest BCUT2D eigenvalue weighted by atomic mass is 35.5. The second-order valence-corrected chi connectivity index (χ2v) is 6.95. The third-order valence-corrected chi connectivity index (χ3v) is 5.23. The van der Waals surface area contributed by atoms with E-state index >= 15 is 0 Å². The minimum absolute atomic E-state index is 0.0370. The molecule has 26 heavy (non-hydrogen) atoms. The molecule has 0 radical (unpaired) electrons. The molecule has 0 spiro atoms. The number of alkyl halides is 3. The number of hydrogen-bond acceptors (Lipinski definition) is 5. The van der Waals surface area contributed by atoms with E-state index in [2.05, 4.69) is 5.10 Å². The van der Waals surface area contributed by atoms with Gasteiger partial charge in [-0.15, -0.1) is 11.8 Å². The van der Waals surface area contributed by atoms with Gasteiger partial charge in [-0.05, 0) is 25.3 Å². The Bertz CT molecular complexity index is 800. The lowest BCUT2D eigenvalue weighted by atomic mass is 10.2. The van der Waals surface area contributed by atoms with E-state index in [0.29, 0.717) is 10.6 Å². The van der Waals surface area contributed by atoms with Crippen molar-refractivity contribution >= 4 is 40.8 Å². The van der Waals surface area contributed by atoms with Crippen LogP contribution in [0.5, 0.6) is 0 Å². The number of thioether (sulfide) groups is 1. The topological polar surface area (TPSA) is 62.3 Å². The average molecular weight is 430 g/mol. The van der Waals surface area contributed by atoms with Crippen molar-refractivity contribution in [2.45, 2.75) is 23.8 Å². The summed E-state index contributed by atoms with van der Waals surface area (Å²) in [5.41, 5.74) is 5.56. The summed E-state index contributed by atoms with van der Waals surface area (Å²) < 4.78 is 50.7. The lowest BCUT2D eigenvalue weighted by Crippen LogP contribution is -2.28. The van der Waals surface area contributed by atoms with E-state index in [1.165, 1.54) is 30.7 Å². The van der Waals surface area contributed by atoms with Crippen molar-refractivity contribution < 1.29 is 22.6 Å². The molecule has 0 amide bonds. The largest absolute Gasteiger partial charge is 0.416 e. The molecule has 1 heterocycles. The van der Waals surface area contributed by atoms with Gasteiger partial charge in [0, 0.05) is 14.2 Å². The van der Waals surface area contributed by atoms with Crippen LogP contribution in [0.3, 0.4) is 0 Å². The lowest BCUT2D eigenvalue weighted by Gasteiger charge is -2.25. The molecule has 144 valence electrons. The van der Waals surface area contributed by atoms with Crippen LogP contribution in [0.2, 0.25) is 10.0 Å². The minimum Gasteiger partial charge on any atom is -0.383 e. The molecule has 0 atom stereocenters. The molecule has 2 N–H and O–H groups in total. The Balaban J connectivity index is 2.73. The molecule has 1 aromatic heterocycles. The monoisotopic (exact) mass is 429 g/mol. The Morgan fingerprint density at radius 2 is 1.65 bits per heavy atom. The molecule has 0 saturated heterocycles. The van der Waals surface area contributed by atoms with Gasteiger partial charge in [0.1, 0.15) is 17.2 Å². The van der Waals surface area contributed by atoms with Crippen molar-refractivity contribution in [3.8, 4) is 5.69 Å². The van der Waals surface area contributed by atoms with E-state index in [-0.39, 0.29) is 21.6 Å². The number of methoxy groups -OCH3 is 2. The molecule has 0 aliphatic rings. The summed E-state index contributed by atoms with van der Waals surface area (Å²) in [4.78, 5) is 0.531. The number of nitrogens with zero attached hydrogens (tertiary/aromatic N) is 2. The van der Waals surface area contributed by atoms with Gasteiger partial charge in [0.2, 0.25) is 5.79 Å². The van der Waals surface area contributed by atoms with Crippen LogP contribution in [0, 0.1) is 0 Å². The van der Waals surface area contributed by atoms with Crippen molar-refractivity contribution in [1.29, 1.82) is 0 Å². The molecule has 0 bridgehead atoms. The fraction of sp³-hybridized carbons (Fsp3) is 0.400. The third-order valence-electron chi connectivity index (χ3n) is 3.85. The SMILES string of the molecule is COC(C)(OC)c1nn(-c2c(Cl)cc(C(F)(F)F)cc2Cl)c(N)c1SC. The number of rotatable bonds is 5. The van der Waals surface area contributed by atoms with Crippen LogP contribution in [0.15, 0.2) is 17.0 Å². The van der Waals surface area contributed by atoms with E-state index in [4.69, 9.17) is 38.4 Å². The predicted molar refractivity (Wildman–Crippen MR) is 96.1 cm³/mol. The summed E-state index contributed by atoms with van der Waals surface area (Å²) in [6, 6.07) is 1.54. The van der Waals surface area contributed by atoms with Gasteiger partial charge in [-0.3, -0.25) is 0 Å². The molecule has 1 aromatic carbocycles. The van der Waals surface area contributed by atoms with Gasteiger partial charge in [0.05, 0.1) is 20.5 Å². The number of halogens is 5. The second-order valence-electron chi connectivity index (χ2n) is 5.32. The maximum atomic E-state index is 12.9. The predicted octanol–water partition coefficient (Wildman–Crippen LogP) is 4.97. The number of hydrogen-bond donors (Lipinski definition) is 1. The fourth-order valence-electron chi connectivity index (χ4n) is 2.29. The summed E-state index contributed by atoms with van der Waals surface area (Å²) >= 11 is 13.4. The van der Waals surface area contributed by atoms with Crippen LogP contribution >= 0.6 is 35.0 Å². The molecule has 11 heteroatoms. The molecule has 2 rings (SSSR count). The molecule has 0 saturated carbocycles. The minimum atomic E-state index is -4.58. The Morgan fingerprint density at radius 1 is 1.15 bits per heavy atom. The average Bonchev–Trinajstić information content (AvgIpc) is 2.89. The standard InChI is InChI=1S/C15H16Cl2F3N3O2S/c1-14(24-2,25-3)12-11(26-4)13(21)23(22-12)10-8(16)5-7(6-9(10)17)15(18,19)20/h5-6H,21H2,1-4H3. The molecule has 0 fully saturated rings. The van der Waals surface area contributed by atoms with E-state index < -0.39 is 17.5 Å². The van der Waals surface area contributed by atoms with Crippen LogP contribution in [-0.4, -0.2) is 30.3 Å². The molecule has 0 unspecified atom stereocenters. The number of nitrogen functional groups attached to an aromatic ring is 1. The maximum Gasteiger partial charge on any atom is 0.416 e. The van der Waals surface area contributed by atoms with Crippen LogP contribution in [-0.2, 0) is 21.4 Å². The molecular weight excluding hydrogens is 414 g/mol. The van der Waals surface area contributed by atoms with Crippen molar-refractivity contribution in [3.63, 3.8) is 0 Å². The van der Waals surface area contributed by atoms with E-state index in [1.807, 2.05) is 0 Å². The van der Waals surface area contributed by atoms with E-state index in [9.17, 15) is 13.2 Å². The second kappa shape index (κ2) is 7.47. The van der Waals surface area contributed by atoms with Gasteiger partial charge >= 0.3 is 6.18 Å². The first-order valence-electron chi connectivity index (χ1n) is 7.10. The van der Waals surface area contributed by atoms with Crippen molar-refractivity contribution in [2.24, 2.45) is 0 Å². The van der Waals surface area contributed by atoms with Gasteiger partial charge in [0.15, 0.2) is 0 Å². The van der Waals surface area contributed by atoms with E-state index in [1.54, 1.807) is 13.2 Å². The zero-order valence-corrected chi connectivity index (χ0v) is 16.6. The molecule has 2 aromatic rings. The Labute approximate surface area is 162 Å². The normalized spacial score (nSPS) is 12.7. The number of anilines is 1. The highest BCUT2D eigenvalue weighted by molar-refractivity contribution is 7.98. The quantitative estimate of drug-likeness (QED) is 0.536. The summed E-state index contributed by atoms with van der Waals surface area (Å²) in [7, 11) is 2.86. The van der Waals surface area contributed by atoms with Gasteiger partial charge in [-0.1, -0.05) is 23.2 Å². The molecule has 0 aliphatic heterocycles. The van der Waals surface area contributed by atoms with Crippen LogP contribution in [0.1, 0.15) is 18.2 Å². The number of ether oxygens (including phenoxy) is 2. The van der Waals surface area contributed by atoms with E-state index in [0.717, 1.165) is 12.1 Å². The highest BCUT2D eigenvalue weighted by Gasteiger charge is 2.36. The zero-order chi connectivity index (χ0) is 19.9. The molecule has 0 aliphatic carbocycles. The molecule has 5 nitrogen and oxygen atoms in total. The number of aromatic nitrogens is 2. The van der Waals surface area contributed by atoms with Crippen molar-refractivity contribution in [1.82, 2.24) is 9.78 Å². The van der Waals surface area contributed by atoms with Gasteiger partial charge in [0.25, 0.3) is 0 Å². The Kier molecular flexibility index (Phi) is 6.09. The molecular formula is C15H16Cl2F3N3O2S. The van der Waals surface area contributed by atoms with Crippen molar-refractivity contribution in [2.75, 3.05) is 26.2 Å². The third kappa shape index (κ3) is 3.63. The van der Waals surface area contributed by atoms with Gasteiger partial charge in [-0.2, -0.15) is 18.3 Å². The van der Waals surface area contributed by atoms with Crippen LogP contribution < -0.4 is 5.73 Å². The lowest BCUT2D eigenvalue weighted by molar-refractivity contribution is -0.206. The number of nitrogens with two attached hydrogens (primary N) is 1. The summed E-state index contributed by atoms with van der Waals surface area (Å²) in [6.07, 6.45) is -2.81. The first-order chi connectivity index (χ1) is 12.0. The van der Waals surface area contributed by atoms with Crippen molar-refractivity contribution in [3.05, 3.63) is 33.4 Å². The van der Waals surface area contributed by atoms with Gasteiger partial charge in [-0.25, -0.2) is 4.68 Å².